The monoisotopic (exact) mass is 302 g/mol. The molecule has 114 valence electrons. The minimum Gasteiger partial charge on any atom is -0.490 e. The molecule has 0 aliphatic carbocycles. The third kappa shape index (κ3) is 5.09. The second-order valence-electron chi connectivity index (χ2n) is 5.00. The quantitative estimate of drug-likeness (QED) is 0.644. The lowest BCUT2D eigenvalue weighted by atomic mass is 10.1. The fraction of sp³-hybridized carbons (Fsp3) is 0.571. The van der Waals surface area contributed by atoms with Crippen LogP contribution in [0.5, 0.6) is 5.75 Å². The summed E-state index contributed by atoms with van der Waals surface area (Å²) in [6.45, 7) is 4.47. The molecule has 0 heterocycles. The van der Waals surface area contributed by atoms with Crippen LogP contribution in [0.15, 0.2) is 12.1 Å². The van der Waals surface area contributed by atoms with Gasteiger partial charge in [-0.3, -0.25) is 0 Å². The van der Waals surface area contributed by atoms with E-state index in [-0.39, 0.29) is 5.75 Å². The van der Waals surface area contributed by atoms with Gasteiger partial charge in [-0.1, -0.05) is 6.92 Å². The Bertz CT molecular complexity index is 441. The van der Waals surface area contributed by atoms with Crippen molar-refractivity contribution in [3.05, 3.63) is 17.9 Å². The molecule has 0 bridgehead atoms. The van der Waals surface area contributed by atoms with Gasteiger partial charge in [-0.25, -0.2) is 4.39 Å². The van der Waals surface area contributed by atoms with Crippen molar-refractivity contribution in [2.24, 2.45) is 0 Å². The van der Waals surface area contributed by atoms with Crippen molar-refractivity contribution in [2.45, 2.75) is 25.9 Å². The third-order valence-corrected chi connectivity index (χ3v) is 3.59. The van der Waals surface area contributed by atoms with Crippen LogP contribution in [0.3, 0.4) is 0 Å². The van der Waals surface area contributed by atoms with Crippen molar-refractivity contribution in [1.82, 2.24) is 0 Å². The highest BCUT2D eigenvalue weighted by Crippen LogP contribution is 2.29. The van der Waals surface area contributed by atoms with Crippen LogP contribution in [-0.2, 0) is 0 Å². The van der Waals surface area contributed by atoms with Gasteiger partial charge in [0.15, 0.2) is 11.6 Å². The van der Waals surface area contributed by atoms with Crippen molar-refractivity contribution in [1.29, 1.82) is 0 Å². The molecule has 4 nitrogen and oxygen atoms in total. The second kappa shape index (κ2) is 7.59. The van der Waals surface area contributed by atoms with E-state index in [9.17, 15) is 9.50 Å². The summed E-state index contributed by atoms with van der Waals surface area (Å²) in [7, 11) is 0. The predicted octanol–water partition coefficient (Wildman–Crippen LogP) is 2.72. The molecule has 1 aromatic rings. The van der Waals surface area contributed by atoms with Crippen LogP contribution in [0.25, 0.3) is 0 Å². The minimum atomic E-state index is -0.856. The molecule has 1 atom stereocenters. The fourth-order valence-electron chi connectivity index (χ4n) is 1.69. The first-order valence-electron chi connectivity index (χ1n) is 6.56. The maximum Gasteiger partial charge on any atom is 0.167 e. The van der Waals surface area contributed by atoms with Crippen molar-refractivity contribution in [3.63, 3.8) is 0 Å². The molecule has 1 rings (SSSR count). The number of ether oxygens (including phenoxy) is 1. The number of nitrogens with one attached hydrogen (secondary N) is 1. The Labute approximate surface area is 123 Å². The van der Waals surface area contributed by atoms with Crippen LogP contribution >= 0.6 is 11.8 Å². The van der Waals surface area contributed by atoms with E-state index in [1.807, 2.05) is 13.2 Å². The molecule has 1 unspecified atom stereocenters. The summed E-state index contributed by atoms with van der Waals surface area (Å²) in [5.74, 6) is 0.297. The average molecular weight is 302 g/mol. The van der Waals surface area contributed by atoms with Gasteiger partial charge in [0, 0.05) is 24.4 Å². The lowest BCUT2D eigenvalue weighted by molar-refractivity contribution is 0.0997. The highest BCUT2D eigenvalue weighted by atomic mass is 32.2. The fourth-order valence-corrected chi connectivity index (χ4v) is 2.42. The molecule has 1 aromatic carbocycles. The summed E-state index contributed by atoms with van der Waals surface area (Å²) in [5, 5.41) is 13.1. The number of hydrogen-bond acceptors (Lipinski definition) is 5. The van der Waals surface area contributed by atoms with Gasteiger partial charge < -0.3 is 20.9 Å². The summed E-state index contributed by atoms with van der Waals surface area (Å²) in [6.07, 6.45) is 2.73. The van der Waals surface area contributed by atoms with Crippen molar-refractivity contribution in [2.75, 3.05) is 36.2 Å². The van der Waals surface area contributed by atoms with Crippen LogP contribution in [0.4, 0.5) is 15.8 Å². The van der Waals surface area contributed by atoms with Gasteiger partial charge in [0.25, 0.3) is 0 Å². The standard InChI is InChI=1S/C14H23FN2O2S/c1-4-5-19-13-7-12(11(16)6-10(13)15)17-8-14(2,18)9-20-3/h6-7,17-18H,4-5,8-9,16H2,1-3H3. The van der Waals surface area contributed by atoms with E-state index in [1.54, 1.807) is 18.7 Å². The molecule has 0 aliphatic rings. The molecule has 0 fully saturated rings. The van der Waals surface area contributed by atoms with Crippen molar-refractivity contribution in [3.8, 4) is 5.75 Å². The van der Waals surface area contributed by atoms with E-state index in [1.165, 1.54) is 12.1 Å². The van der Waals surface area contributed by atoms with E-state index < -0.39 is 11.4 Å². The Morgan fingerprint density at radius 2 is 2.20 bits per heavy atom. The summed E-state index contributed by atoms with van der Waals surface area (Å²) in [6, 6.07) is 2.77. The van der Waals surface area contributed by atoms with E-state index in [4.69, 9.17) is 10.5 Å². The Morgan fingerprint density at radius 1 is 1.50 bits per heavy atom. The molecule has 6 heteroatoms. The molecule has 0 aliphatic heterocycles. The maximum absolute atomic E-state index is 13.7. The largest absolute Gasteiger partial charge is 0.490 e. The molecule has 0 spiro atoms. The highest BCUT2D eigenvalue weighted by Gasteiger charge is 2.20. The maximum atomic E-state index is 13.7. The van der Waals surface area contributed by atoms with Gasteiger partial charge in [0.05, 0.1) is 23.6 Å². The molecule has 0 aromatic heterocycles. The summed E-state index contributed by atoms with van der Waals surface area (Å²) < 4.78 is 19.0. The summed E-state index contributed by atoms with van der Waals surface area (Å²) in [4.78, 5) is 0. The number of aliphatic hydroxyl groups is 1. The number of anilines is 2. The number of halogens is 1. The zero-order valence-corrected chi connectivity index (χ0v) is 13.0. The van der Waals surface area contributed by atoms with Gasteiger partial charge >= 0.3 is 0 Å². The zero-order chi connectivity index (χ0) is 15.2. The molecule has 0 saturated heterocycles. The predicted molar refractivity (Wildman–Crippen MR) is 84.1 cm³/mol. The lowest BCUT2D eigenvalue weighted by Crippen LogP contribution is -2.36. The van der Waals surface area contributed by atoms with E-state index in [2.05, 4.69) is 5.32 Å². The first-order valence-corrected chi connectivity index (χ1v) is 7.96. The number of hydrogen-bond donors (Lipinski definition) is 3. The smallest absolute Gasteiger partial charge is 0.167 e. The van der Waals surface area contributed by atoms with Crippen LogP contribution in [-0.4, -0.2) is 35.9 Å². The van der Waals surface area contributed by atoms with E-state index >= 15 is 0 Å². The van der Waals surface area contributed by atoms with Gasteiger partial charge in [0.1, 0.15) is 0 Å². The van der Waals surface area contributed by atoms with Crippen LogP contribution < -0.4 is 15.8 Å². The summed E-state index contributed by atoms with van der Waals surface area (Å²) in [5.41, 5.74) is 5.79. The Kier molecular flexibility index (Phi) is 6.42. The van der Waals surface area contributed by atoms with Crippen molar-refractivity contribution >= 4 is 23.1 Å². The summed E-state index contributed by atoms with van der Waals surface area (Å²) >= 11 is 1.56. The van der Waals surface area contributed by atoms with Crippen molar-refractivity contribution < 1.29 is 14.2 Å². The molecule has 20 heavy (non-hydrogen) atoms. The molecular formula is C14H23FN2O2S. The lowest BCUT2D eigenvalue weighted by Gasteiger charge is -2.24. The molecule has 0 amide bonds. The number of rotatable bonds is 8. The van der Waals surface area contributed by atoms with Gasteiger partial charge in [0.2, 0.25) is 0 Å². The van der Waals surface area contributed by atoms with Crippen LogP contribution in [0.2, 0.25) is 0 Å². The van der Waals surface area contributed by atoms with Crippen LogP contribution in [0, 0.1) is 5.82 Å². The first-order chi connectivity index (χ1) is 9.39. The number of nitrogens with two attached hydrogens (primary N) is 1. The zero-order valence-electron chi connectivity index (χ0n) is 12.2. The molecule has 0 saturated carbocycles. The Morgan fingerprint density at radius 3 is 2.80 bits per heavy atom. The molecule has 0 radical (unpaired) electrons. The SMILES string of the molecule is CCCOc1cc(NCC(C)(O)CSC)c(N)cc1F. The average Bonchev–Trinajstić information content (AvgIpc) is 2.36. The van der Waals surface area contributed by atoms with Gasteiger partial charge in [-0.05, 0) is 19.6 Å². The van der Waals surface area contributed by atoms with E-state index in [0.717, 1.165) is 6.42 Å². The second-order valence-corrected chi connectivity index (χ2v) is 5.87. The van der Waals surface area contributed by atoms with Gasteiger partial charge in [-0.2, -0.15) is 11.8 Å². The topological polar surface area (TPSA) is 67.5 Å². The van der Waals surface area contributed by atoms with Crippen LogP contribution in [0.1, 0.15) is 20.3 Å². The number of nitrogen functional groups attached to an aromatic ring is 1. The normalized spacial score (nSPS) is 13.8. The van der Waals surface area contributed by atoms with Gasteiger partial charge in [-0.15, -0.1) is 0 Å². The number of benzene rings is 1. The molecular weight excluding hydrogens is 279 g/mol. The minimum absolute atomic E-state index is 0.174. The highest BCUT2D eigenvalue weighted by molar-refractivity contribution is 7.98. The molecule has 4 N–H and O–H groups in total. The third-order valence-electron chi connectivity index (χ3n) is 2.68. The first kappa shape index (κ1) is 16.9. The Balaban J connectivity index is 2.79. The number of thioether (sulfide) groups is 1. The van der Waals surface area contributed by atoms with E-state index in [0.29, 0.717) is 30.3 Å². The Hall–Kier alpha value is -1.14.